The molecule has 0 saturated carbocycles. The Morgan fingerprint density at radius 2 is 1.86 bits per heavy atom. The van der Waals surface area contributed by atoms with Crippen molar-refractivity contribution in [2.45, 2.75) is 58.0 Å². The molecule has 0 spiro atoms. The Morgan fingerprint density at radius 3 is 2.61 bits per heavy atom. The molecule has 1 atom stereocenters. The van der Waals surface area contributed by atoms with Crippen LogP contribution in [0.2, 0.25) is 0 Å². The van der Waals surface area contributed by atoms with Gasteiger partial charge in [-0.15, -0.1) is 0 Å². The summed E-state index contributed by atoms with van der Waals surface area (Å²) in [5, 5.41) is 11.0. The molecule has 1 unspecified atom stereocenters. The van der Waals surface area contributed by atoms with Crippen LogP contribution in [-0.4, -0.2) is 46.5 Å². The van der Waals surface area contributed by atoms with Gasteiger partial charge in [0.1, 0.15) is 11.3 Å². The van der Waals surface area contributed by atoms with E-state index in [4.69, 9.17) is 4.42 Å². The third kappa shape index (κ3) is 3.65. The summed E-state index contributed by atoms with van der Waals surface area (Å²) >= 11 is 0. The van der Waals surface area contributed by atoms with Crippen molar-refractivity contribution >= 4 is 16.9 Å². The monoisotopic (exact) mass is 384 g/mol. The van der Waals surface area contributed by atoms with Crippen molar-refractivity contribution in [3.63, 3.8) is 0 Å². The molecule has 6 nitrogen and oxygen atoms in total. The van der Waals surface area contributed by atoms with Gasteiger partial charge < -0.3 is 14.4 Å². The highest BCUT2D eigenvalue weighted by Gasteiger charge is 2.33. The van der Waals surface area contributed by atoms with Gasteiger partial charge in [0.25, 0.3) is 0 Å². The number of phenols is 1. The molecule has 0 radical (unpaired) electrons. The van der Waals surface area contributed by atoms with E-state index >= 15 is 0 Å². The Kier molecular flexibility index (Phi) is 5.40. The van der Waals surface area contributed by atoms with Gasteiger partial charge in [-0.2, -0.15) is 0 Å². The Bertz CT molecular complexity index is 930. The average molecular weight is 384 g/mol. The van der Waals surface area contributed by atoms with Crippen LogP contribution in [0.3, 0.4) is 0 Å². The Balaban J connectivity index is 1.67. The molecule has 1 N–H and O–H groups in total. The third-order valence-electron chi connectivity index (χ3n) is 6.10. The summed E-state index contributed by atoms with van der Waals surface area (Å²) in [6.45, 7) is 5.10. The van der Waals surface area contributed by atoms with E-state index in [9.17, 15) is 14.7 Å². The molecule has 150 valence electrons. The lowest BCUT2D eigenvalue weighted by Gasteiger charge is -2.36. The summed E-state index contributed by atoms with van der Waals surface area (Å²) < 4.78 is 5.32. The summed E-state index contributed by atoms with van der Waals surface area (Å²) in [6.07, 6.45) is 5.87. The number of carbonyl (C=O) groups excluding carboxylic acids is 1. The predicted octanol–water partition coefficient (Wildman–Crippen LogP) is 3.04. The van der Waals surface area contributed by atoms with Crippen LogP contribution < -0.4 is 5.63 Å². The van der Waals surface area contributed by atoms with Crippen molar-refractivity contribution in [3.8, 4) is 5.75 Å². The van der Waals surface area contributed by atoms with Gasteiger partial charge in [-0.1, -0.05) is 13.3 Å². The molecule has 6 heteroatoms. The highest BCUT2D eigenvalue weighted by molar-refractivity contribution is 5.84. The minimum Gasteiger partial charge on any atom is -0.508 e. The number of fused-ring (bicyclic) bond motifs is 1. The lowest BCUT2D eigenvalue weighted by molar-refractivity contribution is -0.137. The molecular formula is C22H28N2O4. The number of aryl methyl sites for hydroxylation is 1. The smallest absolute Gasteiger partial charge is 0.336 e. The molecule has 4 rings (SSSR count). The van der Waals surface area contributed by atoms with Crippen LogP contribution in [0.1, 0.15) is 50.2 Å². The van der Waals surface area contributed by atoms with Gasteiger partial charge in [-0.25, -0.2) is 4.79 Å². The first-order valence-corrected chi connectivity index (χ1v) is 10.4. The summed E-state index contributed by atoms with van der Waals surface area (Å²) in [4.78, 5) is 29.4. The predicted molar refractivity (Wildman–Crippen MR) is 107 cm³/mol. The number of amides is 1. The number of phenolic OH excluding ortho intramolecular Hbond substituents is 1. The molecule has 2 fully saturated rings. The summed E-state index contributed by atoms with van der Waals surface area (Å²) in [7, 11) is 0. The average Bonchev–Trinajstić information content (AvgIpc) is 3.22. The van der Waals surface area contributed by atoms with Crippen molar-refractivity contribution in [1.29, 1.82) is 0 Å². The number of piperidine rings is 1. The third-order valence-corrected chi connectivity index (χ3v) is 6.10. The number of hydrogen-bond donors (Lipinski definition) is 1. The standard InChI is InChI=1S/C22H28N2O4/c1-2-15-11-17-16(12-21(26)28-20(17)13-19(15)25)14-24-10-4-3-7-18(24)22(27)23-8-5-6-9-23/h11-13,18,25H,2-10,14H2,1H3. The first kappa shape index (κ1) is 19.0. The zero-order chi connectivity index (χ0) is 19.7. The fourth-order valence-electron chi connectivity index (χ4n) is 4.55. The van der Waals surface area contributed by atoms with Crippen LogP contribution >= 0.6 is 0 Å². The SMILES string of the molecule is CCc1cc2c(CN3CCCCC3C(=O)N3CCCC3)cc(=O)oc2cc1O. The molecule has 0 aliphatic carbocycles. The van der Waals surface area contributed by atoms with Crippen molar-refractivity contribution < 1.29 is 14.3 Å². The molecule has 1 amide bonds. The summed E-state index contributed by atoms with van der Waals surface area (Å²) in [5.74, 6) is 0.381. The number of rotatable bonds is 4. The van der Waals surface area contributed by atoms with Crippen LogP contribution in [0, 0.1) is 0 Å². The maximum absolute atomic E-state index is 13.0. The minimum atomic E-state index is -0.425. The zero-order valence-electron chi connectivity index (χ0n) is 16.4. The van der Waals surface area contributed by atoms with Gasteiger partial charge in [0, 0.05) is 37.2 Å². The van der Waals surface area contributed by atoms with E-state index in [2.05, 4.69) is 4.90 Å². The highest BCUT2D eigenvalue weighted by atomic mass is 16.4. The van der Waals surface area contributed by atoms with Crippen LogP contribution in [0.25, 0.3) is 11.0 Å². The topological polar surface area (TPSA) is 74.0 Å². The molecular weight excluding hydrogens is 356 g/mol. The van der Waals surface area contributed by atoms with Gasteiger partial charge in [0.05, 0.1) is 6.04 Å². The summed E-state index contributed by atoms with van der Waals surface area (Å²) in [5.41, 5.74) is 1.66. The largest absolute Gasteiger partial charge is 0.508 e. The van der Waals surface area contributed by atoms with E-state index in [0.717, 1.165) is 68.3 Å². The second-order valence-electron chi connectivity index (χ2n) is 7.94. The molecule has 3 heterocycles. The lowest BCUT2D eigenvalue weighted by Crippen LogP contribution is -2.49. The second-order valence-corrected chi connectivity index (χ2v) is 7.94. The molecule has 2 saturated heterocycles. The molecule has 28 heavy (non-hydrogen) atoms. The van der Waals surface area contributed by atoms with E-state index in [1.165, 1.54) is 12.1 Å². The second kappa shape index (κ2) is 7.95. The van der Waals surface area contributed by atoms with E-state index in [0.29, 0.717) is 18.5 Å². The number of hydrogen-bond acceptors (Lipinski definition) is 5. The first-order chi connectivity index (χ1) is 13.6. The Labute approximate surface area is 164 Å². The molecule has 0 bridgehead atoms. The normalized spacial score (nSPS) is 20.8. The van der Waals surface area contributed by atoms with Gasteiger partial charge in [-0.05, 0) is 55.8 Å². The lowest BCUT2D eigenvalue weighted by atomic mass is 9.98. The maximum atomic E-state index is 13.0. The fraction of sp³-hybridized carbons (Fsp3) is 0.545. The van der Waals surface area contributed by atoms with Crippen LogP contribution in [0.15, 0.2) is 27.4 Å². The van der Waals surface area contributed by atoms with Gasteiger partial charge >= 0.3 is 5.63 Å². The van der Waals surface area contributed by atoms with Gasteiger partial charge in [0.2, 0.25) is 5.91 Å². The van der Waals surface area contributed by atoms with E-state index in [-0.39, 0.29) is 17.7 Å². The molecule has 1 aromatic heterocycles. The van der Waals surface area contributed by atoms with E-state index in [1.807, 2.05) is 17.9 Å². The number of likely N-dealkylation sites (tertiary alicyclic amines) is 2. The quantitative estimate of drug-likeness (QED) is 0.820. The Morgan fingerprint density at radius 1 is 1.11 bits per heavy atom. The van der Waals surface area contributed by atoms with Crippen molar-refractivity contribution in [3.05, 3.63) is 39.7 Å². The molecule has 1 aromatic carbocycles. The van der Waals surface area contributed by atoms with Crippen molar-refractivity contribution in [1.82, 2.24) is 9.80 Å². The van der Waals surface area contributed by atoms with Crippen LogP contribution in [0.5, 0.6) is 5.75 Å². The Hall–Kier alpha value is -2.34. The minimum absolute atomic E-state index is 0.114. The van der Waals surface area contributed by atoms with Crippen LogP contribution in [0.4, 0.5) is 0 Å². The number of aromatic hydroxyl groups is 1. The zero-order valence-corrected chi connectivity index (χ0v) is 16.4. The number of nitrogens with zero attached hydrogens (tertiary/aromatic N) is 2. The molecule has 2 aliphatic heterocycles. The maximum Gasteiger partial charge on any atom is 0.336 e. The first-order valence-electron chi connectivity index (χ1n) is 10.4. The summed E-state index contributed by atoms with van der Waals surface area (Å²) in [6, 6.07) is 4.86. The number of benzene rings is 1. The van der Waals surface area contributed by atoms with E-state index in [1.54, 1.807) is 0 Å². The molecule has 2 aliphatic rings. The van der Waals surface area contributed by atoms with Gasteiger partial charge in [0.15, 0.2) is 0 Å². The van der Waals surface area contributed by atoms with Crippen LogP contribution in [-0.2, 0) is 17.8 Å². The number of carbonyl (C=O) groups is 1. The van der Waals surface area contributed by atoms with Crippen molar-refractivity contribution in [2.24, 2.45) is 0 Å². The fourth-order valence-corrected chi connectivity index (χ4v) is 4.55. The van der Waals surface area contributed by atoms with Crippen molar-refractivity contribution in [2.75, 3.05) is 19.6 Å². The van der Waals surface area contributed by atoms with E-state index < -0.39 is 5.63 Å². The highest BCUT2D eigenvalue weighted by Crippen LogP contribution is 2.29. The van der Waals surface area contributed by atoms with Gasteiger partial charge in [-0.3, -0.25) is 9.69 Å². The molecule has 2 aromatic rings.